The molecule has 2 nitrogen and oxygen atoms in total. The maximum atomic E-state index is 4.59. The van der Waals surface area contributed by atoms with E-state index in [1.165, 1.54) is 36.9 Å². The lowest BCUT2D eigenvalue weighted by Crippen LogP contribution is -2.24. The molecule has 0 aliphatic rings. The monoisotopic (exact) mass is 234 g/mol. The molecule has 0 bridgehead atoms. The first-order valence-corrected chi connectivity index (χ1v) is 7.00. The summed E-state index contributed by atoms with van der Waals surface area (Å²) in [6.07, 6.45) is 7.87. The van der Waals surface area contributed by atoms with Crippen molar-refractivity contribution in [2.75, 3.05) is 6.54 Å². The molecule has 0 aromatic carbocycles. The molecule has 0 aliphatic heterocycles. The molecular weight excluding hydrogens is 208 g/mol. The van der Waals surface area contributed by atoms with Crippen molar-refractivity contribution in [3.8, 4) is 0 Å². The van der Waals surface area contributed by atoms with Crippen molar-refractivity contribution in [2.24, 2.45) is 0 Å². The Morgan fingerprint density at radius 1 is 1.24 bits per heavy atom. The largest absolute Gasteiger partial charge is 0.309 e. The Morgan fingerprint density at radius 3 is 2.71 bits per heavy atom. The topological polar surface area (TPSA) is 24.9 Å². The Balaban J connectivity index is 2.78. The van der Waals surface area contributed by atoms with Gasteiger partial charge >= 0.3 is 0 Å². The van der Waals surface area contributed by atoms with Gasteiger partial charge in [-0.15, -0.1) is 0 Å². The molecule has 0 fully saturated rings. The smallest absolute Gasteiger partial charge is 0.0604 e. The van der Waals surface area contributed by atoms with Crippen LogP contribution in [-0.2, 0) is 6.42 Å². The molecule has 2 heteroatoms. The van der Waals surface area contributed by atoms with E-state index >= 15 is 0 Å². The summed E-state index contributed by atoms with van der Waals surface area (Å²) in [6.45, 7) is 7.74. The van der Waals surface area contributed by atoms with Gasteiger partial charge in [0.1, 0.15) is 0 Å². The van der Waals surface area contributed by atoms with Gasteiger partial charge in [0.2, 0.25) is 0 Å². The van der Waals surface area contributed by atoms with Crippen LogP contribution in [-0.4, -0.2) is 11.5 Å². The van der Waals surface area contributed by atoms with Crippen LogP contribution >= 0.6 is 0 Å². The van der Waals surface area contributed by atoms with E-state index in [9.17, 15) is 0 Å². The van der Waals surface area contributed by atoms with Gasteiger partial charge in [-0.3, -0.25) is 4.98 Å². The summed E-state index contributed by atoms with van der Waals surface area (Å²) in [5.74, 6) is 0. The second kappa shape index (κ2) is 8.24. The Hall–Kier alpha value is -0.890. The zero-order valence-corrected chi connectivity index (χ0v) is 11.5. The number of nitrogens with zero attached hydrogens (tertiary/aromatic N) is 1. The van der Waals surface area contributed by atoms with E-state index in [1.54, 1.807) is 0 Å². The van der Waals surface area contributed by atoms with Crippen LogP contribution in [0, 0.1) is 0 Å². The number of rotatable bonds is 8. The summed E-state index contributed by atoms with van der Waals surface area (Å²) in [4.78, 5) is 4.59. The third-order valence-corrected chi connectivity index (χ3v) is 3.12. The summed E-state index contributed by atoms with van der Waals surface area (Å²) in [7, 11) is 0. The summed E-state index contributed by atoms with van der Waals surface area (Å²) >= 11 is 0. The van der Waals surface area contributed by atoms with E-state index in [2.05, 4.69) is 37.1 Å². The fourth-order valence-corrected chi connectivity index (χ4v) is 2.13. The molecule has 1 aromatic rings. The molecule has 1 unspecified atom stereocenters. The fourth-order valence-electron chi connectivity index (χ4n) is 2.13. The normalized spacial score (nSPS) is 12.6. The molecule has 0 amide bonds. The number of pyridine rings is 1. The number of aromatic nitrogens is 1. The second-order valence-electron chi connectivity index (χ2n) is 4.55. The van der Waals surface area contributed by atoms with Crippen molar-refractivity contribution in [3.63, 3.8) is 0 Å². The lowest BCUT2D eigenvalue weighted by atomic mass is 10.00. The van der Waals surface area contributed by atoms with Gasteiger partial charge in [0, 0.05) is 12.2 Å². The van der Waals surface area contributed by atoms with Crippen LogP contribution in [0.15, 0.2) is 18.3 Å². The predicted molar refractivity (Wildman–Crippen MR) is 74.2 cm³/mol. The van der Waals surface area contributed by atoms with Gasteiger partial charge in [-0.25, -0.2) is 0 Å². The Kier molecular flexibility index (Phi) is 6.87. The number of nitrogens with one attached hydrogen (secondary N) is 1. The van der Waals surface area contributed by atoms with Gasteiger partial charge < -0.3 is 5.32 Å². The highest BCUT2D eigenvalue weighted by Crippen LogP contribution is 2.21. The quantitative estimate of drug-likeness (QED) is 0.738. The Bertz CT molecular complexity index is 302. The number of aryl methyl sites for hydroxylation is 1. The summed E-state index contributed by atoms with van der Waals surface area (Å²) in [5.41, 5.74) is 2.65. The van der Waals surface area contributed by atoms with Crippen molar-refractivity contribution >= 4 is 0 Å². The maximum absolute atomic E-state index is 4.59. The van der Waals surface area contributed by atoms with E-state index in [0.29, 0.717) is 6.04 Å². The minimum absolute atomic E-state index is 0.436. The van der Waals surface area contributed by atoms with E-state index < -0.39 is 0 Å². The molecule has 1 N–H and O–H groups in total. The fraction of sp³-hybridized carbons (Fsp3) is 0.667. The molecule has 0 aliphatic carbocycles. The highest BCUT2D eigenvalue weighted by molar-refractivity contribution is 5.22. The van der Waals surface area contributed by atoms with Crippen LogP contribution in [0.2, 0.25) is 0 Å². The molecule has 17 heavy (non-hydrogen) atoms. The molecule has 0 spiro atoms. The van der Waals surface area contributed by atoms with E-state index in [0.717, 1.165) is 13.0 Å². The van der Waals surface area contributed by atoms with Gasteiger partial charge in [0.05, 0.1) is 5.69 Å². The van der Waals surface area contributed by atoms with Gasteiger partial charge in [-0.1, -0.05) is 39.7 Å². The van der Waals surface area contributed by atoms with Crippen molar-refractivity contribution in [3.05, 3.63) is 29.6 Å². The molecular formula is C15H26N2. The molecule has 0 saturated carbocycles. The molecule has 1 heterocycles. The van der Waals surface area contributed by atoms with Gasteiger partial charge in [-0.2, -0.15) is 0 Å². The molecule has 1 aromatic heterocycles. The summed E-state index contributed by atoms with van der Waals surface area (Å²) in [6, 6.07) is 4.68. The van der Waals surface area contributed by atoms with Crippen LogP contribution in [0.5, 0.6) is 0 Å². The van der Waals surface area contributed by atoms with Crippen molar-refractivity contribution in [2.45, 2.75) is 58.9 Å². The molecule has 96 valence electrons. The third kappa shape index (κ3) is 4.47. The zero-order valence-electron chi connectivity index (χ0n) is 11.5. The first-order chi connectivity index (χ1) is 8.33. The average Bonchev–Trinajstić information content (AvgIpc) is 2.39. The van der Waals surface area contributed by atoms with Gasteiger partial charge in [0.25, 0.3) is 0 Å². The Morgan fingerprint density at radius 2 is 2.06 bits per heavy atom. The first-order valence-electron chi connectivity index (χ1n) is 7.00. The number of hydrogen-bond donors (Lipinski definition) is 1. The minimum Gasteiger partial charge on any atom is -0.309 e. The summed E-state index contributed by atoms with van der Waals surface area (Å²) in [5, 5.41) is 3.63. The second-order valence-corrected chi connectivity index (χ2v) is 4.55. The Labute approximate surface area is 106 Å². The van der Waals surface area contributed by atoms with Gasteiger partial charge in [-0.05, 0) is 37.4 Å². The van der Waals surface area contributed by atoms with Crippen LogP contribution in [0.3, 0.4) is 0 Å². The zero-order chi connectivity index (χ0) is 12.5. The van der Waals surface area contributed by atoms with Crippen molar-refractivity contribution < 1.29 is 0 Å². The van der Waals surface area contributed by atoms with E-state index in [-0.39, 0.29) is 0 Å². The van der Waals surface area contributed by atoms with Crippen molar-refractivity contribution in [1.82, 2.24) is 10.3 Å². The number of unbranched alkanes of at least 4 members (excludes halogenated alkanes) is 1. The van der Waals surface area contributed by atoms with Gasteiger partial charge in [0.15, 0.2) is 0 Å². The van der Waals surface area contributed by atoms with E-state index in [1.807, 2.05) is 12.3 Å². The van der Waals surface area contributed by atoms with Crippen LogP contribution in [0.1, 0.15) is 63.8 Å². The minimum atomic E-state index is 0.436. The van der Waals surface area contributed by atoms with Crippen LogP contribution < -0.4 is 5.32 Å². The third-order valence-electron chi connectivity index (χ3n) is 3.12. The van der Waals surface area contributed by atoms with Crippen LogP contribution in [0.25, 0.3) is 0 Å². The van der Waals surface area contributed by atoms with E-state index in [4.69, 9.17) is 0 Å². The maximum Gasteiger partial charge on any atom is 0.0604 e. The lowest BCUT2D eigenvalue weighted by Gasteiger charge is -2.20. The first kappa shape index (κ1) is 14.2. The average molecular weight is 234 g/mol. The number of hydrogen-bond acceptors (Lipinski definition) is 2. The lowest BCUT2D eigenvalue weighted by molar-refractivity contribution is 0.469. The highest BCUT2D eigenvalue weighted by atomic mass is 14.9. The molecule has 0 radical (unpaired) electrons. The molecule has 1 rings (SSSR count). The SMILES string of the molecule is CCCCC(NCCC)c1ncccc1CC. The molecule has 1 atom stereocenters. The summed E-state index contributed by atoms with van der Waals surface area (Å²) < 4.78 is 0. The van der Waals surface area contributed by atoms with Crippen LogP contribution in [0.4, 0.5) is 0 Å². The molecule has 0 saturated heterocycles. The highest BCUT2D eigenvalue weighted by Gasteiger charge is 2.14. The standard InChI is InChI=1S/C15H26N2/c1-4-7-10-14(16-11-5-2)15-13(6-3)9-8-12-17-15/h8-9,12,14,16H,4-7,10-11H2,1-3H3. The van der Waals surface area contributed by atoms with Crippen molar-refractivity contribution in [1.29, 1.82) is 0 Å². The predicted octanol–water partition coefficient (Wildman–Crippen LogP) is 3.87.